The van der Waals surface area contributed by atoms with Gasteiger partial charge in [-0.2, -0.15) is 0 Å². The molecule has 1 rings (SSSR count). The van der Waals surface area contributed by atoms with Crippen LogP contribution in [0.3, 0.4) is 0 Å². The van der Waals surface area contributed by atoms with Gasteiger partial charge in [0.05, 0.1) is 4.92 Å². The fraction of sp³-hybridized carbons (Fsp3) is 0.467. The molecule has 1 atom stereocenters. The lowest BCUT2D eigenvalue weighted by Gasteiger charge is -2.30. The van der Waals surface area contributed by atoms with Crippen LogP contribution in [-0.2, 0) is 19.7 Å². The molecule has 0 aliphatic rings. The molecular formula is C15H21N3O6. The van der Waals surface area contributed by atoms with Crippen LogP contribution in [0.5, 0.6) is 0 Å². The average molecular weight is 339 g/mol. The smallest absolute Gasteiger partial charge is 0.329 e. The number of nitrogens with one attached hydrogen (secondary N) is 1. The predicted molar refractivity (Wildman–Crippen MR) is 86.9 cm³/mol. The highest BCUT2D eigenvalue weighted by Gasteiger charge is 2.50. The van der Waals surface area contributed by atoms with Gasteiger partial charge in [-0.05, 0) is 32.4 Å². The van der Waals surface area contributed by atoms with Gasteiger partial charge in [-0.1, -0.05) is 6.07 Å². The summed E-state index contributed by atoms with van der Waals surface area (Å²) in [7, 11) is 1.49. The number of carbonyl (C=O) groups is 2. The van der Waals surface area contributed by atoms with Gasteiger partial charge in [0.15, 0.2) is 0 Å². The monoisotopic (exact) mass is 339 g/mol. The van der Waals surface area contributed by atoms with Crippen LogP contribution < -0.4 is 11.1 Å². The summed E-state index contributed by atoms with van der Waals surface area (Å²) >= 11 is 0. The highest BCUT2D eigenvalue weighted by molar-refractivity contribution is 6.06. The van der Waals surface area contributed by atoms with E-state index in [0.717, 1.165) is 6.07 Å². The summed E-state index contributed by atoms with van der Waals surface area (Å²) in [6, 6.07) is 3.66. The van der Waals surface area contributed by atoms with Gasteiger partial charge in [-0.25, -0.2) is 0 Å². The lowest BCUT2D eigenvalue weighted by Crippen LogP contribution is -2.52. The summed E-state index contributed by atoms with van der Waals surface area (Å²) in [5, 5.41) is 23.5. The molecule has 0 unspecified atom stereocenters. The number of ether oxygens (including phenoxy) is 1. The van der Waals surface area contributed by atoms with Crippen LogP contribution in [0.2, 0.25) is 0 Å². The van der Waals surface area contributed by atoms with Crippen molar-refractivity contribution in [2.24, 2.45) is 5.73 Å². The second-order valence-electron chi connectivity index (χ2n) is 6.16. The molecular weight excluding hydrogens is 318 g/mol. The lowest BCUT2D eigenvalue weighted by molar-refractivity contribution is -0.384. The van der Waals surface area contributed by atoms with Crippen LogP contribution in [0.1, 0.15) is 26.3 Å². The Morgan fingerprint density at radius 2 is 1.96 bits per heavy atom. The molecule has 9 heteroatoms. The number of rotatable bonds is 6. The third kappa shape index (κ3) is 3.62. The molecule has 0 aliphatic carbocycles. The number of hydrogen-bond acceptors (Lipinski definition) is 7. The van der Waals surface area contributed by atoms with Crippen molar-refractivity contribution in [1.82, 2.24) is 0 Å². The van der Waals surface area contributed by atoms with Crippen LogP contribution in [-0.4, -0.2) is 41.2 Å². The summed E-state index contributed by atoms with van der Waals surface area (Å²) in [6.45, 7) is 4.15. The Morgan fingerprint density at radius 1 is 1.38 bits per heavy atom. The van der Waals surface area contributed by atoms with Gasteiger partial charge in [-0.15, -0.1) is 0 Å². The molecule has 0 radical (unpaired) electrons. The van der Waals surface area contributed by atoms with Crippen molar-refractivity contribution in [3.8, 4) is 0 Å². The van der Waals surface area contributed by atoms with Crippen LogP contribution in [0.15, 0.2) is 18.2 Å². The van der Waals surface area contributed by atoms with Crippen molar-refractivity contribution in [2.75, 3.05) is 18.9 Å². The standard InChI is InChI=1S/C15H21N3O6/c1-14(2,3)24-13(21)15(8-16,12(19)20)9-5-6-10(17-4)11(7-9)18(22)23/h5-7,17H,8,16H2,1-4H3,(H,19,20)/t15-/m0/s1. The Balaban J connectivity index is 3.58. The number of anilines is 1. The van der Waals surface area contributed by atoms with Crippen LogP contribution in [0.25, 0.3) is 0 Å². The summed E-state index contributed by atoms with van der Waals surface area (Å²) < 4.78 is 5.18. The Hall–Kier alpha value is -2.68. The van der Waals surface area contributed by atoms with E-state index < -0.39 is 34.4 Å². The van der Waals surface area contributed by atoms with E-state index >= 15 is 0 Å². The first-order chi connectivity index (χ1) is 11.0. The van der Waals surface area contributed by atoms with Crippen molar-refractivity contribution in [3.63, 3.8) is 0 Å². The molecule has 0 heterocycles. The van der Waals surface area contributed by atoms with Crippen molar-refractivity contribution >= 4 is 23.3 Å². The number of carboxylic acid groups (broad SMARTS) is 1. The number of esters is 1. The molecule has 0 spiro atoms. The average Bonchev–Trinajstić information content (AvgIpc) is 2.46. The SMILES string of the molecule is CNc1ccc([C@@](CN)(C(=O)O)C(=O)OC(C)(C)C)cc1[N+](=O)[O-]. The van der Waals surface area contributed by atoms with Gasteiger partial charge in [0.25, 0.3) is 5.69 Å². The molecule has 0 bridgehead atoms. The lowest BCUT2D eigenvalue weighted by atomic mass is 9.80. The Kier molecular flexibility index (Phi) is 5.51. The molecule has 132 valence electrons. The topological polar surface area (TPSA) is 145 Å². The number of nitro benzene ring substituents is 1. The van der Waals surface area contributed by atoms with Gasteiger partial charge >= 0.3 is 11.9 Å². The molecule has 0 aliphatic heterocycles. The van der Waals surface area contributed by atoms with Crippen LogP contribution in [0, 0.1) is 10.1 Å². The third-order valence-electron chi connectivity index (χ3n) is 3.38. The first-order valence-corrected chi connectivity index (χ1v) is 7.13. The molecule has 0 saturated heterocycles. The van der Waals surface area contributed by atoms with Gasteiger partial charge in [0.1, 0.15) is 11.3 Å². The summed E-state index contributed by atoms with van der Waals surface area (Å²) in [5.41, 5.74) is 2.13. The molecule has 0 fully saturated rings. The molecule has 24 heavy (non-hydrogen) atoms. The quantitative estimate of drug-likeness (QED) is 0.304. The summed E-state index contributed by atoms with van der Waals surface area (Å²) in [5.74, 6) is -2.61. The minimum Gasteiger partial charge on any atom is -0.480 e. The normalized spacial score (nSPS) is 13.7. The Bertz CT molecular complexity index is 668. The summed E-state index contributed by atoms with van der Waals surface area (Å²) in [4.78, 5) is 34.9. The number of aliphatic carboxylic acids is 1. The number of hydrogen-bond donors (Lipinski definition) is 3. The minimum atomic E-state index is -2.23. The molecule has 1 aromatic rings. The second kappa shape index (κ2) is 6.83. The van der Waals surface area contributed by atoms with Gasteiger partial charge in [-0.3, -0.25) is 19.7 Å². The van der Waals surface area contributed by atoms with Crippen molar-refractivity contribution < 1.29 is 24.4 Å². The Morgan fingerprint density at radius 3 is 2.33 bits per heavy atom. The number of nitrogens with two attached hydrogens (primary N) is 1. The second-order valence-corrected chi connectivity index (χ2v) is 6.16. The van der Waals surface area contributed by atoms with E-state index in [1.165, 1.54) is 19.2 Å². The van der Waals surface area contributed by atoms with Crippen molar-refractivity contribution in [1.29, 1.82) is 0 Å². The van der Waals surface area contributed by atoms with E-state index in [9.17, 15) is 24.8 Å². The molecule has 4 N–H and O–H groups in total. The number of nitro groups is 1. The van der Waals surface area contributed by atoms with Crippen molar-refractivity contribution in [3.05, 3.63) is 33.9 Å². The predicted octanol–water partition coefficient (Wildman–Crippen LogP) is 1.26. The fourth-order valence-corrected chi connectivity index (χ4v) is 2.14. The first kappa shape index (κ1) is 19.4. The van der Waals surface area contributed by atoms with Gasteiger partial charge in [0, 0.05) is 19.7 Å². The molecule has 0 aromatic heterocycles. The minimum absolute atomic E-state index is 0.113. The zero-order valence-electron chi connectivity index (χ0n) is 14.0. The third-order valence-corrected chi connectivity index (χ3v) is 3.38. The number of carboxylic acids is 1. The number of benzene rings is 1. The van der Waals surface area contributed by atoms with E-state index in [1.807, 2.05) is 0 Å². The van der Waals surface area contributed by atoms with Gasteiger partial charge in [0.2, 0.25) is 5.41 Å². The number of carbonyl (C=O) groups excluding carboxylic acids is 1. The van der Waals surface area contributed by atoms with Gasteiger partial charge < -0.3 is 20.9 Å². The maximum Gasteiger partial charge on any atom is 0.329 e. The van der Waals surface area contributed by atoms with Crippen molar-refractivity contribution in [2.45, 2.75) is 31.8 Å². The van der Waals surface area contributed by atoms with E-state index in [1.54, 1.807) is 20.8 Å². The van der Waals surface area contributed by atoms with Crippen LogP contribution >= 0.6 is 0 Å². The van der Waals surface area contributed by atoms with Crippen LogP contribution in [0.4, 0.5) is 11.4 Å². The molecule has 9 nitrogen and oxygen atoms in total. The zero-order valence-corrected chi connectivity index (χ0v) is 14.0. The Labute approximate surface area is 138 Å². The van der Waals surface area contributed by atoms with E-state index in [2.05, 4.69) is 5.32 Å². The maximum absolute atomic E-state index is 12.5. The number of nitrogens with zero attached hydrogens (tertiary/aromatic N) is 1. The molecule has 0 amide bonds. The zero-order chi connectivity index (χ0) is 18.7. The highest BCUT2D eigenvalue weighted by Crippen LogP contribution is 2.33. The fourth-order valence-electron chi connectivity index (χ4n) is 2.14. The summed E-state index contributed by atoms with van der Waals surface area (Å²) in [6.07, 6.45) is 0. The highest BCUT2D eigenvalue weighted by atomic mass is 16.6. The van der Waals surface area contributed by atoms with E-state index in [4.69, 9.17) is 10.5 Å². The maximum atomic E-state index is 12.5. The van der Waals surface area contributed by atoms with E-state index in [0.29, 0.717) is 0 Å². The largest absolute Gasteiger partial charge is 0.480 e. The first-order valence-electron chi connectivity index (χ1n) is 7.13. The van der Waals surface area contributed by atoms with E-state index in [-0.39, 0.29) is 16.9 Å². The molecule has 0 saturated carbocycles. The molecule has 1 aromatic carbocycles.